The third-order valence-corrected chi connectivity index (χ3v) is 3.33. The molecule has 3 rings (SSSR count). The number of nitrogens with zero attached hydrogens (tertiary/aromatic N) is 2. The Morgan fingerprint density at radius 1 is 1.12 bits per heavy atom. The number of aromatic nitrogens is 1. The van der Waals surface area contributed by atoms with E-state index in [1.54, 1.807) is 0 Å². The largest absolute Gasteiger partial charge is 0.343 e. The molecule has 0 aliphatic carbocycles. The van der Waals surface area contributed by atoms with Gasteiger partial charge in [0, 0.05) is 18.0 Å². The molecule has 0 radical (unpaired) electrons. The van der Waals surface area contributed by atoms with Gasteiger partial charge < -0.3 is 4.57 Å². The van der Waals surface area contributed by atoms with Gasteiger partial charge in [0.25, 0.3) is 0 Å². The zero-order chi connectivity index (χ0) is 12.0. The Bertz CT molecular complexity index is 773. The summed E-state index contributed by atoms with van der Waals surface area (Å²) in [5, 5.41) is 2.40. The lowest BCUT2D eigenvalue weighted by Crippen LogP contribution is -1.88. The predicted octanol–water partition coefficient (Wildman–Crippen LogP) is 4.19. The van der Waals surface area contributed by atoms with Gasteiger partial charge in [0.2, 0.25) is 0 Å². The first-order chi connectivity index (χ1) is 8.22. The van der Waals surface area contributed by atoms with E-state index >= 15 is 0 Å². The number of benzene rings is 2. The van der Waals surface area contributed by atoms with Crippen molar-refractivity contribution in [1.82, 2.24) is 4.57 Å². The molecule has 0 amide bonds. The summed E-state index contributed by atoms with van der Waals surface area (Å²) in [6.45, 7) is 9.22. The van der Waals surface area contributed by atoms with Crippen LogP contribution in [0, 0.1) is 13.5 Å². The highest BCUT2D eigenvalue weighted by molar-refractivity contribution is 6.09. The second kappa shape index (κ2) is 3.36. The maximum Gasteiger partial charge on any atom is 0.188 e. The van der Waals surface area contributed by atoms with Crippen LogP contribution in [0.15, 0.2) is 36.4 Å². The summed E-state index contributed by atoms with van der Waals surface area (Å²) in [7, 11) is 2.08. The van der Waals surface area contributed by atoms with Gasteiger partial charge in [-0.3, -0.25) is 0 Å². The van der Waals surface area contributed by atoms with Crippen LogP contribution in [-0.2, 0) is 7.05 Å². The predicted molar refractivity (Wildman–Crippen MR) is 71.4 cm³/mol. The molecule has 0 atom stereocenters. The van der Waals surface area contributed by atoms with Crippen molar-refractivity contribution in [3.05, 3.63) is 53.4 Å². The number of aryl methyl sites for hydroxylation is 2. The minimum absolute atomic E-state index is 0.700. The van der Waals surface area contributed by atoms with E-state index in [9.17, 15) is 0 Å². The van der Waals surface area contributed by atoms with E-state index in [2.05, 4.69) is 41.6 Å². The maximum absolute atomic E-state index is 7.09. The van der Waals surface area contributed by atoms with Gasteiger partial charge in [0.05, 0.1) is 12.1 Å². The highest BCUT2D eigenvalue weighted by Gasteiger charge is 2.09. The Morgan fingerprint density at radius 3 is 2.71 bits per heavy atom. The Labute approximate surface area is 99.9 Å². The minimum Gasteiger partial charge on any atom is -0.343 e. The van der Waals surface area contributed by atoms with E-state index in [-0.39, 0.29) is 0 Å². The number of hydrogen-bond acceptors (Lipinski definition) is 0. The van der Waals surface area contributed by atoms with Crippen molar-refractivity contribution in [2.45, 2.75) is 6.92 Å². The molecule has 1 heterocycles. The van der Waals surface area contributed by atoms with Crippen LogP contribution in [-0.4, -0.2) is 4.57 Å². The fraction of sp³-hybridized carbons (Fsp3) is 0.133. The van der Waals surface area contributed by atoms with E-state index in [0.717, 1.165) is 0 Å². The monoisotopic (exact) mass is 220 g/mol. The van der Waals surface area contributed by atoms with Gasteiger partial charge in [0.1, 0.15) is 0 Å². The second-order valence-electron chi connectivity index (χ2n) is 4.34. The van der Waals surface area contributed by atoms with Crippen molar-refractivity contribution in [1.29, 1.82) is 0 Å². The fourth-order valence-corrected chi connectivity index (χ4v) is 2.54. The van der Waals surface area contributed by atoms with Crippen LogP contribution in [0.2, 0.25) is 0 Å². The van der Waals surface area contributed by atoms with Crippen molar-refractivity contribution >= 4 is 27.5 Å². The third kappa shape index (κ3) is 1.26. The quantitative estimate of drug-likeness (QED) is 0.502. The molecule has 2 aromatic carbocycles. The summed E-state index contributed by atoms with van der Waals surface area (Å²) in [5.41, 5.74) is 4.41. The Morgan fingerprint density at radius 2 is 1.94 bits per heavy atom. The summed E-state index contributed by atoms with van der Waals surface area (Å²) in [6, 6.07) is 12.2. The van der Waals surface area contributed by atoms with Gasteiger partial charge in [-0.25, -0.2) is 4.85 Å². The van der Waals surface area contributed by atoms with Gasteiger partial charge in [-0.15, -0.1) is 0 Å². The number of para-hydroxylation sites is 1. The molecule has 0 unspecified atom stereocenters. The molecule has 1 aromatic heterocycles. The van der Waals surface area contributed by atoms with E-state index in [4.69, 9.17) is 6.57 Å². The Kier molecular flexibility index (Phi) is 1.96. The standard InChI is InChI=1S/C15H12N2/c1-10-5-4-6-12-13-9-11(16-2)7-8-14(13)17(3)15(10)12/h4-9H,1,3H3. The van der Waals surface area contributed by atoms with Crippen LogP contribution in [0.5, 0.6) is 0 Å². The average Bonchev–Trinajstić information content (AvgIpc) is 2.64. The van der Waals surface area contributed by atoms with Crippen LogP contribution in [0.25, 0.3) is 26.7 Å². The van der Waals surface area contributed by atoms with Crippen LogP contribution in [0.1, 0.15) is 5.56 Å². The smallest absolute Gasteiger partial charge is 0.188 e. The fourth-order valence-electron chi connectivity index (χ4n) is 2.54. The van der Waals surface area contributed by atoms with E-state index < -0.39 is 0 Å². The summed E-state index contributed by atoms with van der Waals surface area (Å²) >= 11 is 0. The molecule has 2 nitrogen and oxygen atoms in total. The minimum atomic E-state index is 0.700. The van der Waals surface area contributed by atoms with Gasteiger partial charge in [-0.2, -0.15) is 0 Å². The lowest BCUT2D eigenvalue weighted by atomic mass is 10.1. The summed E-state index contributed by atoms with van der Waals surface area (Å²) in [5.74, 6) is 0. The first kappa shape index (κ1) is 9.92. The maximum atomic E-state index is 7.09. The molecule has 0 saturated heterocycles. The second-order valence-corrected chi connectivity index (χ2v) is 4.34. The third-order valence-electron chi connectivity index (χ3n) is 3.33. The Balaban J connectivity index is 2.60. The van der Waals surface area contributed by atoms with Crippen molar-refractivity contribution in [3.63, 3.8) is 0 Å². The van der Waals surface area contributed by atoms with Crippen molar-refractivity contribution in [2.24, 2.45) is 7.05 Å². The lowest BCUT2D eigenvalue weighted by Gasteiger charge is -2.00. The summed E-state index contributed by atoms with van der Waals surface area (Å²) in [6.07, 6.45) is 0. The van der Waals surface area contributed by atoms with Crippen LogP contribution in [0.4, 0.5) is 5.69 Å². The summed E-state index contributed by atoms with van der Waals surface area (Å²) in [4.78, 5) is 3.50. The van der Waals surface area contributed by atoms with Gasteiger partial charge in [0.15, 0.2) is 5.69 Å². The molecule has 0 aliphatic rings. The highest BCUT2D eigenvalue weighted by Crippen LogP contribution is 2.32. The van der Waals surface area contributed by atoms with Crippen LogP contribution >= 0.6 is 0 Å². The first-order valence-corrected chi connectivity index (χ1v) is 5.57. The number of rotatable bonds is 0. The van der Waals surface area contributed by atoms with E-state index in [1.807, 2.05) is 18.2 Å². The molecular weight excluding hydrogens is 208 g/mol. The normalized spacial score (nSPS) is 10.9. The highest BCUT2D eigenvalue weighted by atomic mass is 14.9. The molecule has 0 spiro atoms. The zero-order valence-corrected chi connectivity index (χ0v) is 9.86. The molecule has 0 fully saturated rings. The van der Waals surface area contributed by atoms with Crippen molar-refractivity contribution in [3.8, 4) is 0 Å². The van der Waals surface area contributed by atoms with Gasteiger partial charge >= 0.3 is 0 Å². The lowest BCUT2D eigenvalue weighted by molar-refractivity contribution is 1.01. The topological polar surface area (TPSA) is 9.29 Å². The molecule has 0 aliphatic heterocycles. The molecule has 17 heavy (non-hydrogen) atoms. The van der Waals surface area contributed by atoms with Crippen molar-refractivity contribution in [2.75, 3.05) is 0 Å². The molecule has 3 aromatic rings. The Hall–Kier alpha value is -2.27. The van der Waals surface area contributed by atoms with Gasteiger partial charge in [-0.1, -0.05) is 24.3 Å². The molecule has 2 heteroatoms. The molecule has 82 valence electrons. The summed E-state index contributed by atoms with van der Waals surface area (Å²) < 4.78 is 2.20. The van der Waals surface area contributed by atoms with E-state index in [0.29, 0.717) is 5.69 Å². The number of hydrogen-bond donors (Lipinski definition) is 0. The zero-order valence-electron chi connectivity index (χ0n) is 9.86. The number of fused-ring (bicyclic) bond motifs is 3. The van der Waals surface area contributed by atoms with E-state index in [1.165, 1.54) is 27.4 Å². The molecular formula is C15H12N2. The van der Waals surface area contributed by atoms with Crippen molar-refractivity contribution < 1.29 is 0 Å². The average molecular weight is 220 g/mol. The van der Waals surface area contributed by atoms with Crippen LogP contribution in [0.3, 0.4) is 0 Å². The van der Waals surface area contributed by atoms with Gasteiger partial charge in [-0.05, 0) is 30.0 Å². The van der Waals surface area contributed by atoms with Crippen LogP contribution < -0.4 is 0 Å². The molecule has 0 saturated carbocycles. The SMILES string of the molecule is [C-]#[N+]c1ccc2c(c1)c1cccc(C)c1n2C. The molecule has 0 bridgehead atoms. The first-order valence-electron chi connectivity index (χ1n) is 5.57. The molecule has 0 N–H and O–H groups in total.